The zero-order chi connectivity index (χ0) is 13.3. The Kier molecular flexibility index (Phi) is 3.27. The number of rotatable bonds is 3. The highest BCUT2D eigenvalue weighted by Gasteiger charge is 2.20. The summed E-state index contributed by atoms with van der Waals surface area (Å²) in [5, 5.41) is 0. The van der Waals surface area contributed by atoms with Crippen LogP contribution in [-0.4, -0.2) is 13.4 Å². The van der Waals surface area contributed by atoms with Crippen molar-refractivity contribution in [2.24, 2.45) is 0 Å². The molecular weight excluding hydrogens is 272 g/mol. The molecule has 0 aliphatic rings. The molecule has 2 aromatic heterocycles. The molecule has 0 saturated heterocycles. The summed E-state index contributed by atoms with van der Waals surface area (Å²) in [5.74, 6) is 0. The summed E-state index contributed by atoms with van der Waals surface area (Å²) in [6.45, 7) is 3.58. The van der Waals surface area contributed by atoms with Gasteiger partial charge in [-0.2, -0.15) is 0 Å². The fourth-order valence-corrected chi connectivity index (χ4v) is 4.19. The maximum absolute atomic E-state index is 12.1. The number of aromatic nitrogens is 1. The van der Waals surface area contributed by atoms with Gasteiger partial charge in [-0.15, -0.1) is 11.3 Å². The molecule has 0 saturated carbocycles. The average Bonchev–Trinajstić information content (AvgIpc) is 2.62. The number of sulfonamides is 1. The van der Waals surface area contributed by atoms with E-state index in [4.69, 9.17) is 0 Å². The number of H-pyrrole nitrogens is 1. The van der Waals surface area contributed by atoms with E-state index in [1.807, 2.05) is 6.92 Å². The maximum atomic E-state index is 12.1. The molecule has 2 heterocycles. The summed E-state index contributed by atoms with van der Waals surface area (Å²) in [4.78, 5) is 16.0. The molecule has 2 N–H and O–H groups in total. The second-order valence-electron chi connectivity index (χ2n) is 3.81. The number of hydrogen-bond donors (Lipinski definition) is 2. The summed E-state index contributed by atoms with van der Waals surface area (Å²) >= 11 is 1.41. The minimum Gasteiger partial charge on any atom is -0.366 e. The number of thiophene rings is 1. The fraction of sp³-hybridized carbons (Fsp3) is 0.182. The van der Waals surface area contributed by atoms with Crippen LogP contribution in [0, 0.1) is 13.8 Å². The normalized spacial score (nSPS) is 11.4. The summed E-state index contributed by atoms with van der Waals surface area (Å²) in [6.07, 6.45) is 2.77. The summed E-state index contributed by atoms with van der Waals surface area (Å²) in [6, 6.07) is 2.86. The monoisotopic (exact) mass is 284 g/mol. The van der Waals surface area contributed by atoms with Gasteiger partial charge in [0, 0.05) is 28.2 Å². The third kappa shape index (κ3) is 2.46. The van der Waals surface area contributed by atoms with Crippen LogP contribution in [-0.2, 0) is 10.0 Å². The Bertz CT molecular complexity index is 729. The molecule has 2 rings (SSSR count). The minimum absolute atomic E-state index is 0.0146. The van der Waals surface area contributed by atoms with Crippen molar-refractivity contribution >= 4 is 27.0 Å². The summed E-state index contributed by atoms with van der Waals surface area (Å²) in [5.41, 5.74) is -0.359. The lowest BCUT2D eigenvalue weighted by molar-refractivity contribution is 0.601. The molecule has 0 aromatic carbocycles. The standard InChI is InChI=1S/C11H12N2O3S2/c1-7-5-11(8(2)17-7)18(15,16)13-9-6-12-4-3-10(9)14/h3-6,13H,1-2H3,(H,12,14). The molecule has 0 spiro atoms. The van der Waals surface area contributed by atoms with Crippen LogP contribution in [0.4, 0.5) is 5.69 Å². The van der Waals surface area contributed by atoms with Gasteiger partial charge in [0.1, 0.15) is 10.6 Å². The van der Waals surface area contributed by atoms with Gasteiger partial charge in [0.05, 0.1) is 0 Å². The van der Waals surface area contributed by atoms with Crippen LogP contribution in [0.25, 0.3) is 0 Å². The molecule has 18 heavy (non-hydrogen) atoms. The largest absolute Gasteiger partial charge is 0.366 e. The molecule has 96 valence electrons. The van der Waals surface area contributed by atoms with Crippen LogP contribution in [0.5, 0.6) is 0 Å². The van der Waals surface area contributed by atoms with Crippen LogP contribution < -0.4 is 10.2 Å². The van der Waals surface area contributed by atoms with Crippen LogP contribution in [0.15, 0.2) is 34.2 Å². The third-order valence-electron chi connectivity index (χ3n) is 2.35. The van der Waals surface area contributed by atoms with Gasteiger partial charge in [0.2, 0.25) is 5.43 Å². The first-order valence-corrected chi connectivity index (χ1v) is 7.47. The number of aromatic amines is 1. The topological polar surface area (TPSA) is 79.0 Å². The number of anilines is 1. The van der Waals surface area contributed by atoms with Crippen LogP contribution in [0.1, 0.15) is 9.75 Å². The Morgan fingerprint density at radius 1 is 1.33 bits per heavy atom. The second-order valence-corrected chi connectivity index (χ2v) is 6.92. The van der Waals surface area contributed by atoms with E-state index in [9.17, 15) is 13.2 Å². The zero-order valence-electron chi connectivity index (χ0n) is 9.85. The maximum Gasteiger partial charge on any atom is 0.263 e. The van der Waals surface area contributed by atoms with Crippen molar-refractivity contribution in [3.05, 3.63) is 44.5 Å². The van der Waals surface area contributed by atoms with Crippen molar-refractivity contribution in [2.75, 3.05) is 4.72 Å². The lowest BCUT2D eigenvalue weighted by atomic mass is 10.4. The Labute approximate surface area is 109 Å². The molecule has 0 atom stereocenters. The number of nitrogens with one attached hydrogen (secondary N) is 2. The average molecular weight is 284 g/mol. The molecular formula is C11H12N2O3S2. The number of pyridine rings is 1. The van der Waals surface area contributed by atoms with E-state index in [0.29, 0.717) is 4.88 Å². The van der Waals surface area contributed by atoms with Gasteiger partial charge in [-0.1, -0.05) is 0 Å². The highest BCUT2D eigenvalue weighted by atomic mass is 32.2. The van der Waals surface area contributed by atoms with Crippen molar-refractivity contribution in [1.82, 2.24) is 4.98 Å². The van der Waals surface area contributed by atoms with Crippen molar-refractivity contribution in [3.8, 4) is 0 Å². The molecule has 0 unspecified atom stereocenters. The van der Waals surface area contributed by atoms with Crippen LogP contribution in [0.2, 0.25) is 0 Å². The van der Waals surface area contributed by atoms with Gasteiger partial charge in [0.25, 0.3) is 10.0 Å². The van der Waals surface area contributed by atoms with Crippen molar-refractivity contribution < 1.29 is 8.42 Å². The first kappa shape index (κ1) is 12.8. The Morgan fingerprint density at radius 2 is 2.06 bits per heavy atom. The van der Waals surface area contributed by atoms with Crippen molar-refractivity contribution in [2.45, 2.75) is 18.7 Å². The van der Waals surface area contributed by atoms with Crippen molar-refractivity contribution in [3.63, 3.8) is 0 Å². The van der Waals surface area contributed by atoms with Gasteiger partial charge in [-0.05, 0) is 19.9 Å². The van der Waals surface area contributed by atoms with E-state index in [1.165, 1.54) is 29.8 Å². The number of aryl methyl sites for hydroxylation is 2. The molecule has 0 amide bonds. The first-order valence-electron chi connectivity index (χ1n) is 5.17. The van der Waals surface area contributed by atoms with Gasteiger partial charge in [-0.25, -0.2) is 8.42 Å². The quantitative estimate of drug-likeness (QED) is 0.902. The van der Waals surface area contributed by atoms with Crippen LogP contribution >= 0.6 is 11.3 Å². The predicted octanol–water partition coefficient (Wildman–Crippen LogP) is 1.85. The van der Waals surface area contributed by atoms with E-state index < -0.39 is 10.0 Å². The molecule has 7 heteroatoms. The van der Waals surface area contributed by atoms with E-state index >= 15 is 0 Å². The summed E-state index contributed by atoms with van der Waals surface area (Å²) in [7, 11) is -3.71. The Balaban J connectivity index is 2.43. The third-order valence-corrected chi connectivity index (χ3v) is 4.94. The Morgan fingerprint density at radius 3 is 2.61 bits per heavy atom. The molecule has 0 radical (unpaired) electrons. The zero-order valence-corrected chi connectivity index (χ0v) is 11.5. The van der Waals surface area contributed by atoms with E-state index in [-0.39, 0.29) is 16.0 Å². The van der Waals surface area contributed by atoms with E-state index in [0.717, 1.165) is 4.88 Å². The van der Waals surface area contributed by atoms with Crippen molar-refractivity contribution in [1.29, 1.82) is 0 Å². The lowest BCUT2D eigenvalue weighted by Crippen LogP contribution is -2.18. The predicted molar refractivity (Wildman–Crippen MR) is 71.7 cm³/mol. The first-order chi connectivity index (χ1) is 8.40. The lowest BCUT2D eigenvalue weighted by Gasteiger charge is -2.06. The molecule has 2 aromatic rings. The second kappa shape index (κ2) is 4.58. The van der Waals surface area contributed by atoms with Gasteiger partial charge >= 0.3 is 0 Å². The highest BCUT2D eigenvalue weighted by molar-refractivity contribution is 7.93. The number of hydrogen-bond acceptors (Lipinski definition) is 4. The van der Waals surface area contributed by atoms with Gasteiger partial charge in [-0.3, -0.25) is 9.52 Å². The fourth-order valence-electron chi connectivity index (χ4n) is 1.57. The molecule has 5 nitrogen and oxygen atoms in total. The SMILES string of the molecule is Cc1cc(S(=O)(=O)Nc2c[nH]ccc2=O)c(C)s1. The van der Waals surface area contributed by atoms with Gasteiger partial charge in [0.15, 0.2) is 0 Å². The van der Waals surface area contributed by atoms with Gasteiger partial charge < -0.3 is 4.98 Å². The molecule has 0 aliphatic carbocycles. The highest BCUT2D eigenvalue weighted by Crippen LogP contribution is 2.25. The van der Waals surface area contributed by atoms with E-state index in [2.05, 4.69) is 9.71 Å². The smallest absolute Gasteiger partial charge is 0.263 e. The summed E-state index contributed by atoms with van der Waals surface area (Å²) < 4.78 is 26.6. The molecule has 0 fully saturated rings. The van der Waals surface area contributed by atoms with E-state index in [1.54, 1.807) is 13.0 Å². The minimum atomic E-state index is -3.71. The Hall–Kier alpha value is -1.60. The molecule has 0 bridgehead atoms. The van der Waals surface area contributed by atoms with Crippen LogP contribution in [0.3, 0.4) is 0 Å². The molecule has 0 aliphatic heterocycles.